The van der Waals surface area contributed by atoms with Gasteiger partial charge < -0.3 is 0 Å². The number of hydrogen-bond acceptors (Lipinski definition) is 3. The van der Waals surface area contributed by atoms with Crippen molar-refractivity contribution in [2.45, 2.75) is 45.4 Å². The number of carbonyl (C=O) groups excluding carboxylic acids is 1. The van der Waals surface area contributed by atoms with Crippen molar-refractivity contribution in [3.63, 3.8) is 0 Å². The lowest BCUT2D eigenvalue weighted by Crippen LogP contribution is -1.96. The van der Waals surface area contributed by atoms with Gasteiger partial charge in [-0.25, -0.2) is 0 Å². The molecule has 5 heteroatoms. The predicted octanol–water partition coefficient (Wildman–Crippen LogP) is 3.52. The first kappa shape index (κ1) is 15.9. The van der Waals surface area contributed by atoms with E-state index in [2.05, 4.69) is 12.6 Å². The van der Waals surface area contributed by atoms with Crippen LogP contribution in [0.3, 0.4) is 0 Å². The Kier molecular flexibility index (Phi) is 9.43. The number of carbonyl (C=O) groups is 1. The van der Waals surface area contributed by atoms with E-state index in [-0.39, 0.29) is 15.7 Å². The standard InChI is InChI=1S/C12H19NO3S/c1-2-11(13(15)16)9-7-5-3-4-6-8-10-12(14)17/h3,5,9H,2,4,6-8,10H2,1H3,(H,14,17)/b5-3+,11-9+. The highest BCUT2D eigenvalue weighted by Crippen LogP contribution is 2.05. The number of allylic oxidation sites excluding steroid dienone is 4. The van der Waals surface area contributed by atoms with Crippen molar-refractivity contribution in [2.24, 2.45) is 0 Å². The molecule has 0 aliphatic heterocycles. The van der Waals surface area contributed by atoms with Crippen LogP contribution in [0.5, 0.6) is 0 Å². The highest BCUT2D eigenvalue weighted by molar-refractivity contribution is 7.96. The fourth-order valence-electron chi connectivity index (χ4n) is 1.30. The normalized spacial score (nSPS) is 12.0. The average molecular weight is 257 g/mol. The van der Waals surface area contributed by atoms with Gasteiger partial charge in [0.2, 0.25) is 5.70 Å². The van der Waals surface area contributed by atoms with Crippen LogP contribution in [-0.2, 0) is 4.79 Å². The van der Waals surface area contributed by atoms with Gasteiger partial charge in [-0.1, -0.05) is 19.1 Å². The number of nitrogens with zero attached hydrogens (tertiary/aromatic N) is 1. The molecule has 0 aromatic carbocycles. The first-order valence-electron chi connectivity index (χ1n) is 5.78. The summed E-state index contributed by atoms with van der Waals surface area (Å²) >= 11 is 3.68. The van der Waals surface area contributed by atoms with E-state index in [0.29, 0.717) is 19.3 Å². The minimum Gasteiger partial charge on any atom is -0.288 e. The third-order valence-electron chi connectivity index (χ3n) is 2.26. The molecule has 0 saturated heterocycles. The summed E-state index contributed by atoms with van der Waals surface area (Å²) in [6.45, 7) is 1.77. The maximum atomic E-state index is 10.5. The van der Waals surface area contributed by atoms with Gasteiger partial charge in [0, 0.05) is 12.8 Å². The van der Waals surface area contributed by atoms with Crippen LogP contribution in [0.1, 0.15) is 45.4 Å². The summed E-state index contributed by atoms with van der Waals surface area (Å²) in [4.78, 5) is 20.7. The second kappa shape index (κ2) is 10.1. The van der Waals surface area contributed by atoms with Crippen molar-refractivity contribution in [1.82, 2.24) is 0 Å². The van der Waals surface area contributed by atoms with Gasteiger partial charge in [0.05, 0.1) is 4.92 Å². The zero-order chi connectivity index (χ0) is 13.1. The summed E-state index contributed by atoms with van der Waals surface area (Å²) in [7, 11) is 0. The molecule has 0 spiro atoms. The van der Waals surface area contributed by atoms with Gasteiger partial charge in [-0.3, -0.25) is 14.9 Å². The van der Waals surface area contributed by atoms with E-state index in [1.165, 1.54) is 0 Å². The van der Waals surface area contributed by atoms with Crippen LogP contribution < -0.4 is 0 Å². The third kappa shape index (κ3) is 9.81. The molecule has 0 unspecified atom stereocenters. The van der Waals surface area contributed by atoms with Gasteiger partial charge in [0.1, 0.15) is 0 Å². The molecule has 0 aromatic heterocycles. The van der Waals surface area contributed by atoms with Crippen molar-refractivity contribution in [2.75, 3.05) is 0 Å². The minimum atomic E-state index is -0.341. The lowest BCUT2D eigenvalue weighted by Gasteiger charge is -1.93. The predicted molar refractivity (Wildman–Crippen MR) is 71.6 cm³/mol. The Morgan fingerprint density at radius 1 is 1.35 bits per heavy atom. The fourth-order valence-corrected chi connectivity index (χ4v) is 1.46. The molecule has 96 valence electrons. The van der Waals surface area contributed by atoms with E-state index in [0.717, 1.165) is 19.3 Å². The minimum absolute atomic E-state index is 0.0736. The fraction of sp³-hybridized carbons (Fsp3) is 0.583. The molecule has 0 atom stereocenters. The molecule has 0 radical (unpaired) electrons. The zero-order valence-electron chi connectivity index (χ0n) is 10.1. The van der Waals surface area contributed by atoms with Gasteiger partial charge >= 0.3 is 0 Å². The Labute approximate surface area is 107 Å². The summed E-state index contributed by atoms with van der Waals surface area (Å²) in [5.74, 6) is 0. The van der Waals surface area contributed by atoms with Crippen molar-refractivity contribution in [3.05, 3.63) is 34.0 Å². The molecule has 0 saturated carbocycles. The second-order valence-corrected chi connectivity index (χ2v) is 4.15. The number of thiol groups is 1. The van der Waals surface area contributed by atoms with E-state index >= 15 is 0 Å². The molecule has 0 rings (SSSR count). The second-order valence-electron chi connectivity index (χ2n) is 3.65. The summed E-state index contributed by atoms with van der Waals surface area (Å²) < 4.78 is 0. The molecule has 0 aliphatic carbocycles. The summed E-state index contributed by atoms with van der Waals surface area (Å²) in [5.41, 5.74) is 0.260. The molecule has 0 aliphatic rings. The molecular weight excluding hydrogens is 238 g/mol. The van der Waals surface area contributed by atoms with Crippen LogP contribution in [0, 0.1) is 10.1 Å². The Balaban J connectivity index is 3.67. The smallest absolute Gasteiger partial charge is 0.242 e. The molecule has 0 bridgehead atoms. The first-order chi connectivity index (χ1) is 8.07. The molecule has 0 aromatic rings. The van der Waals surface area contributed by atoms with E-state index in [4.69, 9.17) is 0 Å². The van der Waals surface area contributed by atoms with E-state index in [1.807, 2.05) is 12.2 Å². The maximum absolute atomic E-state index is 10.5. The van der Waals surface area contributed by atoms with Gasteiger partial charge in [-0.05, 0) is 31.8 Å². The Hall–Kier alpha value is -1.10. The van der Waals surface area contributed by atoms with Crippen LogP contribution in [0.25, 0.3) is 0 Å². The van der Waals surface area contributed by atoms with E-state index in [1.54, 1.807) is 13.0 Å². The van der Waals surface area contributed by atoms with Crippen molar-refractivity contribution in [1.29, 1.82) is 0 Å². The van der Waals surface area contributed by atoms with Gasteiger partial charge in [0.25, 0.3) is 0 Å². The lowest BCUT2D eigenvalue weighted by molar-refractivity contribution is -0.427. The van der Waals surface area contributed by atoms with E-state index in [9.17, 15) is 14.9 Å². The third-order valence-corrected chi connectivity index (χ3v) is 2.49. The van der Waals surface area contributed by atoms with Crippen LogP contribution in [-0.4, -0.2) is 10.0 Å². The van der Waals surface area contributed by atoms with Crippen molar-refractivity contribution in [3.8, 4) is 0 Å². The Morgan fingerprint density at radius 3 is 2.59 bits per heavy atom. The van der Waals surface area contributed by atoms with Gasteiger partial charge in [-0.15, -0.1) is 12.6 Å². The van der Waals surface area contributed by atoms with Crippen molar-refractivity contribution >= 4 is 17.7 Å². The van der Waals surface area contributed by atoms with Crippen LogP contribution in [0.2, 0.25) is 0 Å². The SMILES string of the molecule is CC/C(=C\C/C=C/CCCCC(=O)S)[N+](=O)[O-]. The Bertz CT molecular complexity index is 311. The quantitative estimate of drug-likeness (QED) is 0.226. The average Bonchev–Trinajstić information content (AvgIpc) is 2.26. The molecule has 0 N–H and O–H groups in total. The number of hydrogen-bond donors (Lipinski definition) is 1. The van der Waals surface area contributed by atoms with Crippen LogP contribution >= 0.6 is 12.6 Å². The highest BCUT2D eigenvalue weighted by Gasteiger charge is 2.04. The molecule has 0 amide bonds. The summed E-state index contributed by atoms with van der Waals surface area (Å²) in [6.07, 6.45) is 9.79. The topological polar surface area (TPSA) is 60.2 Å². The molecule has 4 nitrogen and oxygen atoms in total. The molecule has 0 heterocycles. The summed E-state index contributed by atoms with van der Waals surface area (Å²) in [5, 5.41) is 10.4. The van der Waals surface area contributed by atoms with E-state index < -0.39 is 0 Å². The molecule has 0 fully saturated rings. The maximum Gasteiger partial charge on any atom is 0.242 e. The van der Waals surface area contributed by atoms with Gasteiger partial charge in [-0.2, -0.15) is 0 Å². The monoisotopic (exact) mass is 257 g/mol. The number of nitro groups is 1. The first-order valence-corrected chi connectivity index (χ1v) is 6.22. The zero-order valence-corrected chi connectivity index (χ0v) is 11.0. The van der Waals surface area contributed by atoms with Crippen LogP contribution in [0.15, 0.2) is 23.9 Å². The molecule has 17 heavy (non-hydrogen) atoms. The number of rotatable bonds is 9. The Morgan fingerprint density at radius 2 is 2.06 bits per heavy atom. The largest absolute Gasteiger partial charge is 0.288 e. The highest BCUT2D eigenvalue weighted by atomic mass is 32.1. The van der Waals surface area contributed by atoms with Gasteiger partial charge in [0.15, 0.2) is 5.12 Å². The van der Waals surface area contributed by atoms with Crippen LogP contribution in [0.4, 0.5) is 0 Å². The number of unbranched alkanes of at least 4 members (excludes halogenated alkanes) is 2. The lowest BCUT2D eigenvalue weighted by atomic mass is 10.2. The van der Waals surface area contributed by atoms with Crippen molar-refractivity contribution < 1.29 is 9.72 Å². The summed E-state index contributed by atoms with van der Waals surface area (Å²) in [6, 6.07) is 0. The molecular formula is C12H19NO3S.